The van der Waals surface area contributed by atoms with Crippen LogP contribution in [0.3, 0.4) is 0 Å². The molecule has 3 N–H and O–H groups in total. The number of benzene rings is 2. The second kappa shape index (κ2) is 8.37. The zero-order valence-corrected chi connectivity index (χ0v) is 17.0. The molecule has 1 heterocycles. The molecule has 30 heavy (non-hydrogen) atoms. The second-order valence-electron chi connectivity index (χ2n) is 6.76. The summed E-state index contributed by atoms with van der Waals surface area (Å²) in [4.78, 5) is 23.6. The summed E-state index contributed by atoms with van der Waals surface area (Å²) in [6.45, 7) is 5.82. The highest BCUT2D eigenvalue weighted by molar-refractivity contribution is 7.80. The van der Waals surface area contributed by atoms with Gasteiger partial charge in [0.25, 0.3) is 5.69 Å². The second-order valence-corrected chi connectivity index (χ2v) is 7.17. The highest BCUT2D eigenvalue weighted by Crippen LogP contribution is 2.39. The third-order valence-electron chi connectivity index (χ3n) is 4.70. The first kappa shape index (κ1) is 21.1. The molecule has 0 radical (unpaired) electrons. The molecule has 10 heteroatoms. The fourth-order valence-corrected chi connectivity index (χ4v) is 3.46. The van der Waals surface area contributed by atoms with E-state index in [0.717, 1.165) is 11.6 Å². The lowest BCUT2D eigenvalue weighted by Crippen LogP contribution is -2.51. The lowest BCUT2D eigenvalue weighted by Gasteiger charge is -2.35. The van der Waals surface area contributed by atoms with Gasteiger partial charge in [-0.3, -0.25) is 14.9 Å². The molecule has 0 spiro atoms. The van der Waals surface area contributed by atoms with Crippen molar-refractivity contribution in [1.29, 1.82) is 0 Å². The molecule has 1 amide bonds. The molecular weight excluding hydrogens is 408 g/mol. The summed E-state index contributed by atoms with van der Waals surface area (Å²) in [5.41, 5.74) is 1.59. The summed E-state index contributed by atoms with van der Waals surface area (Å²) in [7, 11) is 1.24. The van der Waals surface area contributed by atoms with Crippen molar-refractivity contribution in [2.45, 2.75) is 13.0 Å². The number of amides is 1. The highest BCUT2D eigenvalue weighted by Gasteiger charge is 2.37. The average molecular weight is 427 g/mol. The maximum atomic E-state index is 13.1. The highest BCUT2D eigenvalue weighted by atomic mass is 32.1. The van der Waals surface area contributed by atoms with Crippen molar-refractivity contribution in [2.75, 3.05) is 12.4 Å². The van der Waals surface area contributed by atoms with Gasteiger partial charge in [-0.15, -0.1) is 0 Å². The number of hydrogen-bond donors (Lipinski definition) is 3. The van der Waals surface area contributed by atoms with Crippen LogP contribution in [-0.2, 0) is 4.79 Å². The van der Waals surface area contributed by atoms with Gasteiger partial charge in [0.1, 0.15) is 11.7 Å². The van der Waals surface area contributed by atoms with E-state index in [4.69, 9.17) is 17.0 Å². The first-order valence-electron chi connectivity index (χ1n) is 8.88. The number of methoxy groups -OCH3 is 1. The SMILES string of the molecule is C=C1NC(=S)N[C@@H](c2cc(OC)c([O-])c([N+](=O)[O-])c2)[C@@H]1C(=O)Nc1ccc(C)cc1. The Kier molecular flexibility index (Phi) is 5.88. The van der Waals surface area contributed by atoms with Crippen molar-refractivity contribution in [3.8, 4) is 11.5 Å². The smallest absolute Gasteiger partial charge is 0.265 e. The van der Waals surface area contributed by atoms with Crippen LogP contribution in [0.2, 0.25) is 0 Å². The molecule has 9 nitrogen and oxygen atoms in total. The Hall–Kier alpha value is -3.66. The number of aryl methyl sites for hydroxylation is 1. The minimum atomic E-state index is -0.875. The van der Waals surface area contributed by atoms with E-state index in [1.54, 1.807) is 12.1 Å². The first-order chi connectivity index (χ1) is 14.2. The van der Waals surface area contributed by atoms with Crippen LogP contribution < -0.4 is 25.8 Å². The molecule has 0 bridgehead atoms. The third-order valence-corrected chi connectivity index (χ3v) is 4.92. The van der Waals surface area contributed by atoms with Crippen LogP contribution in [0.5, 0.6) is 11.5 Å². The summed E-state index contributed by atoms with van der Waals surface area (Å²) in [5, 5.41) is 32.3. The van der Waals surface area contributed by atoms with Gasteiger partial charge in [-0.05, 0) is 42.9 Å². The van der Waals surface area contributed by atoms with E-state index in [1.807, 2.05) is 19.1 Å². The maximum Gasteiger partial charge on any atom is 0.265 e. The van der Waals surface area contributed by atoms with Gasteiger partial charge in [-0.2, -0.15) is 0 Å². The molecule has 1 aliphatic rings. The van der Waals surface area contributed by atoms with Crippen LogP contribution >= 0.6 is 12.2 Å². The van der Waals surface area contributed by atoms with E-state index in [9.17, 15) is 20.0 Å². The molecule has 0 aromatic heterocycles. The van der Waals surface area contributed by atoms with Crippen molar-refractivity contribution in [2.24, 2.45) is 5.92 Å². The summed E-state index contributed by atoms with van der Waals surface area (Å²) >= 11 is 5.17. The largest absolute Gasteiger partial charge is 0.865 e. The van der Waals surface area contributed by atoms with Gasteiger partial charge in [-0.1, -0.05) is 24.3 Å². The van der Waals surface area contributed by atoms with Crippen molar-refractivity contribution in [3.05, 3.63) is 69.9 Å². The number of anilines is 1. The fraction of sp³-hybridized carbons (Fsp3) is 0.200. The van der Waals surface area contributed by atoms with E-state index < -0.39 is 34.2 Å². The number of nitro benzene ring substituents is 1. The summed E-state index contributed by atoms with van der Waals surface area (Å²) in [6.07, 6.45) is 0. The Morgan fingerprint density at radius 1 is 1.30 bits per heavy atom. The standard InChI is InChI=1S/C20H20N4O5S/c1-10-4-6-13(7-5-10)22-19(26)16-11(2)21-20(30)23-17(16)12-8-14(24(27)28)18(25)15(9-12)29-3/h4-9,16-17,25H,2H2,1,3H3,(H,22,26)(H2,21,23,30)/p-1/t16-,17+/m1/s1. The average Bonchev–Trinajstić information content (AvgIpc) is 2.69. The van der Waals surface area contributed by atoms with E-state index in [1.165, 1.54) is 13.2 Å². The van der Waals surface area contributed by atoms with Gasteiger partial charge in [-0.25, -0.2) is 0 Å². The van der Waals surface area contributed by atoms with Crippen molar-refractivity contribution >= 4 is 34.6 Å². The Morgan fingerprint density at radius 3 is 2.57 bits per heavy atom. The molecule has 1 saturated heterocycles. The Balaban J connectivity index is 2.01. The molecule has 1 aliphatic heterocycles. The monoisotopic (exact) mass is 427 g/mol. The molecule has 2 aromatic rings. The number of thiocarbonyl (C=S) groups is 1. The van der Waals surface area contributed by atoms with Crippen molar-refractivity contribution in [1.82, 2.24) is 10.6 Å². The molecule has 2 atom stereocenters. The number of rotatable bonds is 5. The third kappa shape index (κ3) is 4.18. The van der Waals surface area contributed by atoms with Gasteiger partial charge in [0.2, 0.25) is 5.91 Å². The Labute approximate surface area is 177 Å². The Bertz CT molecular complexity index is 1040. The molecule has 156 valence electrons. The van der Waals surface area contributed by atoms with Crippen LogP contribution in [0.4, 0.5) is 11.4 Å². The van der Waals surface area contributed by atoms with Crippen LogP contribution in [0, 0.1) is 23.0 Å². The van der Waals surface area contributed by atoms with Crippen molar-refractivity contribution in [3.63, 3.8) is 0 Å². The molecule has 0 saturated carbocycles. The minimum absolute atomic E-state index is 0.200. The topological polar surface area (TPSA) is 129 Å². The van der Waals surface area contributed by atoms with Crippen LogP contribution in [0.1, 0.15) is 17.2 Å². The van der Waals surface area contributed by atoms with Gasteiger partial charge in [0.05, 0.1) is 18.1 Å². The van der Waals surface area contributed by atoms with Crippen LogP contribution in [0.15, 0.2) is 48.7 Å². The minimum Gasteiger partial charge on any atom is -0.865 e. The summed E-state index contributed by atoms with van der Waals surface area (Å²) < 4.78 is 5.01. The predicted molar refractivity (Wildman–Crippen MR) is 113 cm³/mol. The summed E-state index contributed by atoms with van der Waals surface area (Å²) in [5.74, 6) is -2.32. The number of nitrogens with zero attached hydrogens (tertiary/aromatic N) is 1. The number of nitro groups is 1. The molecule has 0 aliphatic carbocycles. The quantitative estimate of drug-likeness (QED) is 0.377. The molecule has 2 aromatic carbocycles. The lowest BCUT2D eigenvalue weighted by molar-refractivity contribution is -0.398. The van der Waals surface area contributed by atoms with Crippen molar-refractivity contribution < 1.29 is 19.6 Å². The van der Waals surface area contributed by atoms with E-state index in [-0.39, 0.29) is 10.9 Å². The molecule has 0 unspecified atom stereocenters. The number of ether oxygens (including phenoxy) is 1. The Morgan fingerprint density at radius 2 is 1.97 bits per heavy atom. The first-order valence-corrected chi connectivity index (χ1v) is 9.29. The fourth-order valence-electron chi connectivity index (χ4n) is 3.20. The number of hydrogen-bond acceptors (Lipinski definition) is 6. The van der Waals surface area contributed by atoms with E-state index in [2.05, 4.69) is 22.5 Å². The van der Waals surface area contributed by atoms with Gasteiger partial charge >= 0.3 is 0 Å². The van der Waals surface area contributed by atoms with Gasteiger partial charge in [0, 0.05) is 23.2 Å². The number of carbonyl (C=O) groups excluding carboxylic acids is 1. The van der Waals surface area contributed by atoms with Crippen LogP contribution in [0.25, 0.3) is 0 Å². The van der Waals surface area contributed by atoms with E-state index in [0.29, 0.717) is 16.9 Å². The van der Waals surface area contributed by atoms with Crippen LogP contribution in [-0.4, -0.2) is 23.1 Å². The van der Waals surface area contributed by atoms with Gasteiger partial charge in [0.15, 0.2) is 5.11 Å². The number of nitrogens with one attached hydrogen (secondary N) is 3. The van der Waals surface area contributed by atoms with Gasteiger partial charge < -0.3 is 25.8 Å². The number of carbonyl (C=O) groups is 1. The zero-order chi connectivity index (χ0) is 22.0. The molecule has 3 rings (SSSR count). The van der Waals surface area contributed by atoms with E-state index >= 15 is 0 Å². The molecule has 1 fully saturated rings. The summed E-state index contributed by atoms with van der Waals surface area (Å²) in [6, 6.07) is 8.92. The lowest BCUT2D eigenvalue weighted by atomic mass is 9.87. The normalized spacial score (nSPS) is 18.2. The molecular formula is C20H19N4O5S-. The maximum absolute atomic E-state index is 13.1. The predicted octanol–water partition coefficient (Wildman–Crippen LogP) is 2.27. The zero-order valence-electron chi connectivity index (χ0n) is 16.2.